The van der Waals surface area contributed by atoms with Crippen molar-refractivity contribution in [2.24, 2.45) is 5.92 Å². The van der Waals surface area contributed by atoms with E-state index in [1.807, 2.05) is 0 Å². The highest BCUT2D eigenvalue weighted by Crippen LogP contribution is 2.27. The molecule has 0 aliphatic heterocycles. The first kappa shape index (κ1) is 15.8. The summed E-state index contributed by atoms with van der Waals surface area (Å²) in [4.78, 5) is 25.1. The quantitative estimate of drug-likeness (QED) is 0.806. The summed E-state index contributed by atoms with van der Waals surface area (Å²) in [5, 5.41) is 6.39. The molecule has 0 saturated heterocycles. The molecule has 1 aromatic rings. The van der Waals surface area contributed by atoms with Crippen molar-refractivity contribution in [1.82, 2.24) is 10.2 Å². The summed E-state index contributed by atoms with van der Waals surface area (Å²) in [5.41, 5.74) is 0.625. The first-order valence-corrected chi connectivity index (χ1v) is 7.42. The Morgan fingerprint density at radius 2 is 2.14 bits per heavy atom. The van der Waals surface area contributed by atoms with Gasteiger partial charge in [-0.15, -0.1) is 0 Å². The Morgan fingerprint density at radius 1 is 1.38 bits per heavy atom. The van der Waals surface area contributed by atoms with E-state index in [2.05, 4.69) is 10.6 Å². The van der Waals surface area contributed by atoms with Crippen molar-refractivity contribution in [2.45, 2.75) is 12.8 Å². The van der Waals surface area contributed by atoms with E-state index in [0.29, 0.717) is 10.7 Å². The largest absolute Gasteiger partial charge is 0.335 e. The van der Waals surface area contributed by atoms with Crippen LogP contribution in [0.25, 0.3) is 0 Å². The smallest absolute Gasteiger partial charge is 0.243 e. The number of likely N-dealkylation sites (N-methyl/N-ethyl adjacent to an activating group) is 1. The molecule has 0 aromatic heterocycles. The Kier molecular flexibility index (Phi) is 5.59. The molecule has 0 atom stereocenters. The molecule has 0 bridgehead atoms. The minimum atomic E-state index is -0.240. The van der Waals surface area contributed by atoms with Gasteiger partial charge in [-0.2, -0.15) is 0 Å². The van der Waals surface area contributed by atoms with E-state index in [0.717, 1.165) is 12.5 Å². The van der Waals surface area contributed by atoms with E-state index in [4.69, 9.17) is 11.6 Å². The third-order valence-electron chi connectivity index (χ3n) is 3.32. The summed E-state index contributed by atoms with van der Waals surface area (Å²) in [5.74, 6) is 0.404. The van der Waals surface area contributed by atoms with E-state index in [9.17, 15) is 9.59 Å². The zero-order chi connectivity index (χ0) is 15.2. The maximum absolute atomic E-state index is 11.9. The van der Waals surface area contributed by atoms with Crippen LogP contribution in [0.2, 0.25) is 5.02 Å². The Bertz CT molecular complexity index is 517. The molecule has 1 aliphatic rings. The van der Waals surface area contributed by atoms with E-state index in [1.165, 1.54) is 17.7 Å². The lowest BCUT2D eigenvalue weighted by Gasteiger charge is -2.17. The molecule has 5 nitrogen and oxygen atoms in total. The van der Waals surface area contributed by atoms with Gasteiger partial charge in [-0.1, -0.05) is 17.7 Å². The van der Waals surface area contributed by atoms with Gasteiger partial charge in [0.15, 0.2) is 0 Å². The summed E-state index contributed by atoms with van der Waals surface area (Å²) in [6.07, 6.45) is 2.50. The fourth-order valence-corrected chi connectivity index (χ4v) is 2.10. The van der Waals surface area contributed by atoms with Crippen LogP contribution in [0.1, 0.15) is 12.8 Å². The molecule has 1 fully saturated rings. The average Bonchev–Trinajstić information content (AvgIpc) is 3.22. The predicted octanol–water partition coefficient (Wildman–Crippen LogP) is 1.74. The van der Waals surface area contributed by atoms with Crippen LogP contribution in [0.4, 0.5) is 5.69 Å². The SMILES string of the molecule is CN(CC(=O)Nc1cccc(Cl)c1)C(=O)CNCC1CC1. The number of anilines is 1. The summed E-state index contributed by atoms with van der Waals surface area (Å²) < 4.78 is 0. The van der Waals surface area contributed by atoms with Gasteiger partial charge in [0, 0.05) is 17.8 Å². The van der Waals surface area contributed by atoms with Crippen LogP contribution in [-0.2, 0) is 9.59 Å². The van der Waals surface area contributed by atoms with Crippen LogP contribution < -0.4 is 10.6 Å². The number of rotatable bonds is 7. The van der Waals surface area contributed by atoms with Crippen LogP contribution in [0.3, 0.4) is 0 Å². The standard InChI is InChI=1S/C15H20ClN3O2/c1-19(15(21)9-17-8-11-5-6-11)10-14(20)18-13-4-2-3-12(16)7-13/h2-4,7,11,17H,5-6,8-10H2,1H3,(H,18,20). The van der Waals surface area contributed by atoms with Gasteiger partial charge in [-0.3, -0.25) is 9.59 Å². The van der Waals surface area contributed by atoms with Crippen molar-refractivity contribution in [2.75, 3.05) is 32.0 Å². The first-order valence-electron chi connectivity index (χ1n) is 7.04. The molecule has 2 amide bonds. The van der Waals surface area contributed by atoms with Gasteiger partial charge in [0.25, 0.3) is 0 Å². The molecular weight excluding hydrogens is 290 g/mol. The van der Waals surface area contributed by atoms with Crippen molar-refractivity contribution in [1.29, 1.82) is 0 Å². The van der Waals surface area contributed by atoms with Crippen LogP contribution in [0.15, 0.2) is 24.3 Å². The minimum absolute atomic E-state index is 0.0243. The van der Waals surface area contributed by atoms with Gasteiger partial charge in [0.2, 0.25) is 11.8 Å². The second kappa shape index (κ2) is 7.43. The van der Waals surface area contributed by atoms with Crippen molar-refractivity contribution >= 4 is 29.1 Å². The zero-order valence-corrected chi connectivity index (χ0v) is 12.8. The normalized spacial score (nSPS) is 13.8. The van der Waals surface area contributed by atoms with Gasteiger partial charge in [-0.25, -0.2) is 0 Å². The number of carbonyl (C=O) groups is 2. The van der Waals surface area contributed by atoms with Crippen LogP contribution in [0, 0.1) is 5.92 Å². The molecule has 1 aromatic carbocycles. The molecule has 0 spiro atoms. The Balaban J connectivity index is 1.71. The van der Waals surface area contributed by atoms with Crippen LogP contribution >= 0.6 is 11.6 Å². The summed E-state index contributed by atoms with van der Waals surface area (Å²) in [7, 11) is 1.62. The maximum atomic E-state index is 11.9. The Hall–Kier alpha value is -1.59. The zero-order valence-electron chi connectivity index (χ0n) is 12.1. The number of hydrogen-bond acceptors (Lipinski definition) is 3. The number of nitrogens with zero attached hydrogens (tertiary/aromatic N) is 1. The van der Waals surface area contributed by atoms with Gasteiger partial charge in [-0.05, 0) is 43.5 Å². The molecule has 0 radical (unpaired) electrons. The van der Waals surface area contributed by atoms with Crippen molar-refractivity contribution in [3.63, 3.8) is 0 Å². The number of halogens is 1. The number of carbonyl (C=O) groups excluding carboxylic acids is 2. The second-order valence-corrected chi connectivity index (χ2v) is 5.82. The molecule has 0 heterocycles. The van der Waals surface area contributed by atoms with E-state index in [-0.39, 0.29) is 24.9 Å². The third kappa shape index (κ3) is 5.73. The molecule has 6 heteroatoms. The van der Waals surface area contributed by atoms with Crippen molar-refractivity contribution in [3.05, 3.63) is 29.3 Å². The summed E-state index contributed by atoms with van der Waals surface area (Å²) >= 11 is 5.85. The summed E-state index contributed by atoms with van der Waals surface area (Å²) in [6, 6.07) is 6.91. The molecule has 21 heavy (non-hydrogen) atoms. The maximum Gasteiger partial charge on any atom is 0.243 e. The number of hydrogen-bond donors (Lipinski definition) is 2. The third-order valence-corrected chi connectivity index (χ3v) is 3.56. The van der Waals surface area contributed by atoms with E-state index >= 15 is 0 Å². The lowest BCUT2D eigenvalue weighted by Crippen LogP contribution is -2.40. The fourth-order valence-electron chi connectivity index (χ4n) is 1.91. The van der Waals surface area contributed by atoms with E-state index in [1.54, 1.807) is 31.3 Å². The monoisotopic (exact) mass is 309 g/mol. The molecule has 2 rings (SSSR count). The van der Waals surface area contributed by atoms with Crippen LogP contribution in [-0.4, -0.2) is 43.4 Å². The molecule has 2 N–H and O–H groups in total. The lowest BCUT2D eigenvalue weighted by molar-refractivity contribution is -0.132. The topological polar surface area (TPSA) is 61.4 Å². The predicted molar refractivity (Wildman–Crippen MR) is 83.3 cm³/mol. The lowest BCUT2D eigenvalue weighted by atomic mass is 10.3. The number of benzene rings is 1. The second-order valence-electron chi connectivity index (χ2n) is 5.38. The Morgan fingerprint density at radius 3 is 2.81 bits per heavy atom. The van der Waals surface area contributed by atoms with Gasteiger partial charge in [0.05, 0.1) is 13.1 Å². The number of nitrogens with one attached hydrogen (secondary N) is 2. The van der Waals surface area contributed by atoms with Crippen molar-refractivity contribution in [3.8, 4) is 0 Å². The van der Waals surface area contributed by atoms with E-state index < -0.39 is 0 Å². The van der Waals surface area contributed by atoms with Gasteiger partial charge < -0.3 is 15.5 Å². The molecule has 1 saturated carbocycles. The fraction of sp³-hybridized carbons (Fsp3) is 0.467. The summed E-state index contributed by atoms with van der Waals surface area (Å²) in [6.45, 7) is 1.18. The minimum Gasteiger partial charge on any atom is -0.335 e. The first-order chi connectivity index (χ1) is 10.0. The molecular formula is C15H20ClN3O2. The van der Waals surface area contributed by atoms with Gasteiger partial charge in [0.1, 0.15) is 0 Å². The molecule has 0 unspecified atom stereocenters. The Labute approximate surface area is 129 Å². The highest BCUT2D eigenvalue weighted by molar-refractivity contribution is 6.30. The highest BCUT2D eigenvalue weighted by Gasteiger charge is 2.21. The molecule has 1 aliphatic carbocycles. The average molecular weight is 310 g/mol. The van der Waals surface area contributed by atoms with Gasteiger partial charge >= 0.3 is 0 Å². The highest BCUT2D eigenvalue weighted by atomic mass is 35.5. The molecule has 114 valence electrons. The van der Waals surface area contributed by atoms with Crippen LogP contribution in [0.5, 0.6) is 0 Å². The van der Waals surface area contributed by atoms with Crippen molar-refractivity contribution < 1.29 is 9.59 Å². The number of amides is 2.